The van der Waals surface area contributed by atoms with Crippen LogP contribution in [0.1, 0.15) is 48.0 Å². The Morgan fingerprint density at radius 3 is 2.14 bits per heavy atom. The monoisotopic (exact) mass is 200 g/mol. The third-order valence-electron chi connectivity index (χ3n) is 2.41. The van der Waals surface area contributed by atoms with Crippen molar-refractivity contribution >= 4 is 0 Å². The van der Waals surface area contributed by atoms with Crippen LogP contribution in [0.5, 0.6) is 0 Å². The fourth-order valence-corrected chi connectivity index (χ4v) is 1.53. The highest BCUT2D eigenvalue weighted by atomic mass is 15.1. The number of nitrogens with one attached hydrogen (secondary N) is 1. The predicted molar refractivity (Wildman–Crippen MR) is 64.8 cm³/mol. The summed E-state index contributed by atoms with van der Waals surface area (Å²) in [5.41, 5.74) is 0.259. The second-order valence-corrected chi connectivity index (χ2v) is 5.25. The first kappa shape index (κ1) is 13.9. The molecule has 2 nitrogen and oxygen atoms in total. The van der Waals surface area contributed by atoms with Gasteiger partial charge in [0.25, 0.3) is 0 Å². The Balaban J connectivity index is 3.52. The van der Waals surface area contributed by atoms with E-state index in [1.165, 1.54) is 13.0 Å². The fraction of sp³-hybridized carbons (Fsp3) is 1.00. The van der Waals surface area contributed by atoms with E-state index in [9.17, 15) is 0 Å². The predicted octanol–water partition coefficient (Wildman–Crippen LogP) is 2.49. The summed E-state index contributed by atoms with van der Waals surface area (Å²) in [7, 11) is 0. The molecule has 1 N–H and O–H groups in total. The first-order valence-corrected chi connectivity index (χ1v) is 5.86. The summed E-state index contributed by atoms with van der Waals surface area (Å²) in [6.45, 7) is 16.9. The molecule has 0 aliphatic rings. The van der Waals surface area contributed by atoms with Crippen LogP contribution in [0.15, 0.2) is 0 Å². The lowest BCUT2D eigenvalue weighted by Gasteiger charge is -2.26. The van der Waals surface area contributed by atoms with Crippen LogP contribution in [0.2, 0.25) is 0 Å². The van der Waals surface area contributed by atoms with E-state index in [2.05, 4.69) is 51.8 Å². The van der Waals surface area contributed by atoms with Gasteiger partial charge >= 0.3 is 0 Å². The normalized spacial score (nSPS) is 12.9. The van der Waals surface area contributed by atoms with Crippen molar-refractivity contribution < 1.29 is 0 Å². The van der Waals surface area contributed by atoms with Crippen LogP contribution >= 0.6 is 0 Å². The molecule has 0 spiro atoms. The third kappa shape index (κ3) is 7.34. The molecular weight excluding hydrogens is 172 g/mol. The maximum absolute atomic E-state index is 3.51. The van der Waals surface area contributed by atoms with Gasteiger partial charge in [-0.25, -0.2) is 0 Å². The zero-order valence-corrected chi connectivity index (χ0v) is 10.9. The fourth-order valence-electron chi connectivity index (χ4n) is 1.53. The van der Waals surface area contributed by atoms with E-state index in [1.807, 2.05) is 0 Å². The van der Waals surface area contributed by atoms with Gasteiger partial charge in [0.05, 0.1) is 0 Å². The van der Waals surface area contributed by atoms with E-state index in [1.54, 1.807) is 0 Å². The Kier molecular flexibility index (Phi) is 6.38. The SMILES string of the molecule is CCN(CCCNC(C)(C)C)C(C)C. The van der Waals surface area contributed by atoms with Crippen molar-refractivity contribution in [2.75, 3.05) is 19.6 Å². The van der Waals surface area contributed by atoms with Gasteiger partial charge in [0, 0.05) is 11.6 Å². The molecule has 0 rings (SSSR count). The van der Waals surface area contributed by atoms with Crippen LogP contribution in [0.25, 0.3) is 0 Å². The molecule has 0 amide bonds. The topological polar surface area (TPSA) is 15.3 Å². The smallest absolute Gasteiger partial charge is 0.00965 e. The van der Waals surface area contributed by atoms with Crippen LogP contribution < -0.4 is 5.32 Å². The largest absolute Gasteiger partial charge is 0.312 e. The van der Waals surface area contributed by atoms with Gasteiger partial charge in [-0.3, -0.25) is 0 Å². The Morgan fingerprint density at radius 2 is 1.79 bits per heavy atom. The first-order chi connectivity index (χ1) is 6.37. The van der Waals surface area contributed by atoms with Crippen molar-refractivity contribution in [2.24, 2.45) is 0 Å². The van der Waals surface area contributed by atoms with Gasteiger partial charge in [-0.05, 0) is 60.7 Å². The van der Waals surface area contributed by atoms with Crippen molar-refractivity contribution in [3.05, 3.63) is 0 Å². The third-order valence-corrected chi connectivity index (χ3v) is 2.41. The van der Waals surface area contributed by atoms with E-state index < -0.39 is 0 Å². The highest BCUT2D eigenvalue weighted by molar-refractivity contribution is 4.70. The zero-order chi connectivity index (χ0) is 11.2. The summed E-state index contributed by atoms with van der Waals surface area (Å²) in [6, 6.07) is 0.676. The van der Waals surface area contributed by atoms with E-state index in [-0.39, 0.29) is 5.54 Å². The number of nitrogens with zero attached hydrogens (tertiary/aromatic N) is 1. The molecule has 0 atom stereocenters. The summed E-state index contributed by atoms with van der Waals surface area (Å²) in [4.78, 5) is 2.50. The van der Waals surface area contributed by atoms with Gasteiger partial charge in [0.1, 0.15) is 0 Å². The second kappa shape index (κ2) is 6.41. The molecule has 0 aromatic carbocycles. The number of hydrogen-bond acceptors (Lipinski definition) is 2. The highest BCUT2D eigenvalue weighted by Crippen LogP contribution is 2.01. The lowest BCUT2D eigenvalue weighted by Crippen LogP contribution is -2.39. The minimum atomic E-state index is 0.259. The van der Waals surface area contributed by atoms with Crippen LogP contribution in [0.3, 0.4) is 0 Å². The van der Waals surface area contributed by atoms with Gasteiger partial charge in [-0.2, -0.15) is 0 Å². The standard InChI is InChI=1S/C12H28N2/c1-7-14(11(2)3)10-8-9-13-12(4,5)6/h11,13H,7-10H2,1-6H3. The molecule has 0 radical (unpaired) electrons. The molecule has 0 aliphatic carbocycles. The molecule has 0 unspecified atom stereocenters. The summed E-state index contributed by atoms with van der Waals surface area (Å²) < 4.78 is 0. The molecule has 86 valence electrons. The molecule has 0 bridgehead atoms. The Hall–Kier alpha value is -0.0800. The molecule has 0 aliphatic heterocycles. The lowest BCUT2D eigenvalue weighted by molar-refractivity contribution is 0.227. The average Bonchev–Trinajstić information content (AvgIpc) is 2.01. The van der Waals surface area contributed by atoms with Gasteiger partial charge < -0.3 is 10.2 Å². The highest BCUT2D eigenvalue weighted by Gasteiger charge is 2.09. The molecule has 2 heteroatoms. The maximum atomic E-state index is 3.51. The van der Waals surface area contributed by atoms with Gasteiger partial charge in [0.15, 0.2) is 0 Å². The molecule has 0 aromatic heterocycles. The molecule has 14 heavy (non-hydrogen) atoms. The average molecular weight is 200 g/mol. The van der Waals surface area contributed by atoms with E-state index in [0.717, 1.165) is 13.1 Å². The quantitative estimate of drug-likeness (QED) is 0.663. The zero-order valence-electron chi connectivity index (χ0n) is 10.9. The minimum absolute atomic E-state index is 0.259. The van der Waals surface area contributed by atoms with Gasteiger partial charge in [-0.1, -0.05) is 6.92 Å². The molecule has 0 aromatic rings. The van der Waals surface area contributed by atoms with Crippen molar-refractivity contribution in [1.82, 2.24) is 10.2 Å². The van der Waals surface area contributed by atoms with Crippen LogP contribution in [-0.4, -0.2) is 36.1 Å². The molecule has 0 heterocycles. The molecular formula is C12H28N2. The van der Waals surface area contributed by atoms with Crippen LogP contribution in [0, 0.1) is 0 Å². The first-order valence-electron chi connectivity index (χ1n) is 5.86. The summed E-state index contributed by atoms with van der Waals surface area (Å²) in [6.07, 6.45) is 1.24. The van der Waals surface area contributed by atoms with E-state index in [0.29, 0.717) is 6.04 Å². The van der Waals surface area contributed by atoms with E-state index in [4.69, 9.17) is 0 Å². The minimum Gasteiger partial charge on any atom is -0.312 e. The number of rotatable bonds is 6. The van der Waals surface area contributed by atoms with E-state index >= 15 is 0 Å². The van der Waals surface area contributed by atoms with Crippen LogP contribution in [-0.2, 0) is 0 Å². The van der Waals surface area contributed by atoms with Crippen LogP contribution in [0.4, 0.5) is 0 Å². The Labute approximate surface area is 90.1 Å². The Morgan fingerprint density at radius 1 is 1.21 bits per heavy atom. The molecule has 0 saturated carbocycles. The lowest BCUT2D eigenvalue weighted by atomic mass is 10.1. The maximum Gasteiger partial charge on any atom is 0.00965 e. The summed E-state index contributed by atoms with van der Waals surface area (Å²) in [5, 5.41) is 3.51. The summed E-state index contributed by atoms with van der Waals surface area (Å²) in [5.74, 6) is 0. The van der Waals surface area contributed by atoms with Gasteiger partial charge in [0.2, 0.25) is 0 Å². The van der Waals surface area contributed by atoms with Crippen molar-refractivity contribution in [1.29, 1.82) is 0 Å². The summed E-state index contributed by atoms with van der Waals surface area (Å²) >= 11 is 0. The second-order valence-electron chi connectivity index (χ2n) is 5.25. The number of hydrogen-bond donors (Lipinski definition) is 1. The van der Waals surface area contributed by atoms with Crippen molar-refractivity contribution in [3.63, 3.8) is 0 Å². The Bertz CT molecular complexity index is 136. The molecule has 0 fully saturated rings. The van der Waals surface area contributed by atoms with Crippen molar-refractivity contribution in [3.8, 4) is 0 Å². The van der Waals surface area contributed by atoms with Gasteiger partial charge in [-0.15, -0.1) is 0 Å². The van der Waals surface area contributed by atoms with Crippen molar-refractivity contribution in [2.45, 2.75) is 59.5 Å². The molecule has 0 saturated heterocycles.